The second-order valence-electron chi connectivity index (χ2n) is 7.49. The summed E-state index contributed by atoms with van der Waals surface area (Å²) in [6.45, 7) is 1.47. The van der Waals surface area contributed by atoms with Gasteiger partial charge in [-0.05, 0) is 5.56 Å². The number of carbonyl (C=O) groups excluding carboxylic acids is 2. The van der Waals surface area contributed by atoms with E-state index in [1.165, 1.54) is 0 Å². The lowest BCUT2D eigenvalue weighted by atomic mass is 10.0. The van der Waals surface area contributed by atoms with E-state index in [1.54, 1.807) is 17.1 Å². The zero-order valence-corrected chi connectivity index (χ0v) is 17.4. The minimum atomic E-state index is -0.361. The fourth-order valence-electron chi connectivity index (χ4n) is 3.81. The average Bonchev–Trinajstić information content (AvgIpc) is 3.41. The van der Waals surface area contributed by atoms with Crippen LogP contribution in [0.25, 0.3) is 0 Å². The number of terminal acetylenes is 1. The molecular weight excluding hydrogens is 392 g/mol. The van der Waals surface area contributed by atoms with E-state index in [-0.39, 0.29) is 17.9 Å². The molecule has 0 spiro atoms. The Labute approximate surface area is 180 Å². The van der Waals surface area contributed by atoms with Crippen LogP contribution in [0, 0.1) is 12.3 Å². The van der Waals surface area contributed by atoms with Gasteiger partial charge in [-0.25, -0.2) is 4.98 Å². The van der Waals surface area contributed by atoms with E-state index in [9.17, 15) is 9.59 Å². The first kappa shape index (κ1) is 20.4. The third-order valence-corrected chi connectivity index (χ3v) is 5.31. The highest BCUT2D eigenvalue weighted by atomic mass is 16.2. The summed E-state index contributed by atoms with van der Waals surface area (Å²) < 4.78 is 3.65. The molecule has 0 aliphatic carbocycles. The van der Waals surface area contributed by atoms with Crippen molar-refractivity contribution >= 4 is 11.8 Å². The Morgan fingerprint density at radius 3 is 2.74 bits per heavy atom. The predicted octanol–water partition coefficient (Wildman–Crippen LogP) is 1.89. The van der Waals surface area contributed by atoms with Gasteiger partial charge in [-0.1, -0.05) is 30.3 Å². The van der Waals surface area contributed by atoms with Crippen LogP contribution >= 0.6 is 0 Å². The van der Waals surface area contributed by atoms with Gasteiger partial charge in [0.1, 0.15) is 17.6 Å². The van der Waals surface area contributed by atoms with Gasteiger partial charge in [0, 0.05) is 57.5 Å². The fourth-order valence-corrected chi connectivity index (χ4v) is 3.81. The lowest BCUT2D eigenvalue weighted by molar-refractivity contribution is -0.133. The summed E-state index contributed by atoms with van der Waals surface area (Å²) in [7, 11) is 1.83. The highest BCUT2D eigenvalue weighted by Crippen LogP contribution is 2.32. The quantitative estimate of drug-likeness (QED) is 0.622. The molecule has 1 unspecified atom stereocenters. The lowest BCUT2D eigenvalue weighted by Gasteiger charge is -2.36. The van der Waals surface area contributed by atoms with Gasteiger partial charge in [-0.2, -0.15) is 5.10 Å². The number of aryl methyl sites for hydroxylation is 1. The molecule has 1 aliphatic rings. The molecule has 0 saturated carbocycles. The molecule has 158 valence electrons. The molecule has 1 aromatic carbocycles. The van der Waals surface area contributed by atoms with Crippen LogP contribution in [0.3, 0.4) is 0 Å². The summed E-state index contributed by atoms with van der Waals surface area (Å²) in [6.07, 6.45) is 11.4. The van der Waals surface area contributed by atoms with Crippen molar-refractivity contribution in [2.24, 2.45) is 7.05 Å². The number of hydrogen-bond acceptors (Lipinski definition) is 4. The number of rotatable bonds is 6. The second-order valence-corrected chi connectivity index (χ2v) is 7.49. The van der Waals surface area contributed by atoms with Crippen molar-refractivity contribution in [3.8, 4) is 12.3 Å². The van der Waals surface area contributed by atoms with Crippen molar-refractivity contribution in [3.05, 3.63) is 71.6 Å². The lowest BCUT2D eigenvalue weighted by Crippen LogP contribution is -2.42. The summed E-state index contributed by atoms with van der Waals surface area (Å²) in [5, 5.41) is 6.99. The summed E-state index contributed by atoms with van der Waals surface area (Å²) in [4.78, 5) is 32.0. The van der Waals surface area contributed by atoms with E-state index in [2.05, 4.69) is 21.3 Å². The van der Waals surface area contributed by atoms with Gasteiger partial charge < -0.3 is 14.8 Å². The molecule has 3 aromatic rings. The van der Waals surface area contributed by atoms with Crippen molar-refractivity contribution in [1.82, 2.24) is 29.5 Å². The Morgan fingerprint density at radius 2 is 2.03 bits per heavy atom. The molecule has 4 rings (SSSR count). The molecular formula is C23H24N6O2. The van der Waals surface area contributed by atoms with Gasteiger partial charge in [-0.15, -0.1) is 12.3 Å². The largest absolute Gasteiger partial charge is 0.346 e. The Kier molecular flexibility index (Phi) is 5.85. The SMILES string of the molecule is C#CCCC(=O)N1CCn2cc(C(=O)NCc3cnn(C)c3)nc2C1c1ccccc1. The molecule has 31 heavy (non-hydrogen) atoms. The Morgan fingerprint density at radius 1 is 1.23 bits per heavy atom. The van der Waals surface area contributed by atoms with Crippen LogP contribution in [0.4, 0.5) is 0 Å². The summed E-state index contributed by atoms with van der Waals surface area (Å²) >= 11 is 0. The Bertz CT molecular complexity index is 1120. The van der Waals surface area contributed by atoms with Crippen molar-refractivity contribution in [3.63, 3.8) is 0 Å². The van der Waals surface area contributed by atoms with Gasteiger partial charge in [-0.3, -0.25) is 14.3 Å². The van der Waals surface area contributed by atoms with Crippen LogP contribution in [0.15, 0.2) is 48.9 Å². The van der Waals surface area contributed by atoms with Crippen molar-refractivity contribution in [1.29, 1.82) is 0 Å². The number of hydrogen-bond donors (Lipinski definition) is 1. The molecule has 0 fully saturated rings. The zero-order valence-electron chi connectivity index (χ0n) is 17.4. The van der Waals surface area contributed by atoms with E-state index in [0.717, 1.165) is 11.1 Å². The van der Waals surface area contributed by atoms with Gasteiger partial charge in [0.2, 0.25) is 5.91 Å². The zero-order chi connectivity index (χ0) is 21.8. The molecule has 0 bridgehead atoms. The Hall–Kier alpha value is -3.86. The number of fused-ring (bicyclic) bond motifs is 1. The molecule has 2 amide bonds. The normalized spacial score (nSPS) is 15.2. The highest BCUT2D eigenvalue weighted by molar-refractivity contribution is 5.92. The van der Waals surface area contributed by atoms with Gasteiger partial charge >= 0.3 is 0 Å². The number of imidazole rings is 1. The van der Waals surface area contributed by atoms with Crippen LogP contribution in [-0.2, 0) is 24.9 Å². The molecule has 1 atom stereocenters. The first-order chi connectivity index (χ1) is 15.1. The molecule has 0 saturated heterocycles. The van der Waals surface area contributed by atoms with E-state index < -0.39 is 0 Å². The fraction of sp³-hybridized carbons (Fsp3) is 0.304. The predicted molar refractivity (Wildman–Crippen MR) is 115 cm³/mol. The van der Waals surface area contributed by atoms with Gasteiger partial charge in [0.05, 0.1) is 6.20 Å². The molecule has 8 nitrogen and oxygen atoms in total. The molecule has 0 radical (unpaired) electrons. The number of nitrogens with one attached hydrogen (secondary N) is 1. The van der Waals surface area contributed by atoms with Crippen LogP contribution < -0.4 is 5.32 Å². The monoisotopic (exact) mass is 416 g/mol. The molecule has 1 aliphatic heterocycles. The smallest absolute Gasteiger partial charge is 0.271 e. The van der Waals surface area contributed by atoms with Gasteiger partial charge in [0.25, 0.3) is 5.91 Å². The van der Waals surface area contributed by atoms with Crippen LogP contribution in [0.2, 0.25) is 0 Å². The number of nitrogens with zero attached hydrogens (tertiary/aromatic N) is 5. The third kappa shape index (κ3) is 4.36. The number of amides is 2. The minimum Gasteiger partial charge on any atom is -0.346 e. The van der Waals surface area contributed by atoms with Crippen molar-refractivity contribution in [2.75, 3.05) is 6.54 Å². The summed E-state index contributed by atoms with van der Waals surface area (Å²) in [5.41, 5.74) is 2.19. The van der Waals surface area contributed by atoms with Crippen LogP contribution in [0.1, 0.15) is 46.3 Å². The summed E-state index contributed by atoms with van der Waals surface area (Å²) in [5.74, 6) is 2.94. The van der Waals surface area contributed by atoms with Gasteiger partial charge in [0.15, 0.2) is 0 Å². The van der Waals surface area contributed by atoms with Crippen molar-refractivity contribution < 1.29 is 9.59 Å². The summed E-state index contributed by atoms with van der Waals surface area (Å²) in [6, 6.07) is 9.38. The second kappa shape index (κ2) is 8.88. The van der Waals surface area contributed by atoms with E-state index >= 15 is 0 Å². The number of benzene rings is 1. The standard InChI is InChI=1S/C23H24N6O2/c1-3-4-10-20(30)29-12-11-28-16-19(23(31)24-13-17-14-25-27(2)15-17)26-22(28)21(29)18-8-6-5-7-9-18/h1,5-9,14-16,21H,4,10-13H2,2H3,(H,24,31). The maximum atomic E-state index is 12.9. The maximum Gasteiger partial charge on any atom is 0.271 e. The highest BCUT2D eigenvalue weighted by Gasteiger charge is 2.34. The number of carbonyl (C=O) groups is 2. The van der Waals surface area contributed by atoms with E-state index in [0.29, 0.717) is 44.0 Å². The number of aromatic nitrogens is 4. The van der Waals surface area contributed by atoms with E-state index in [1.807, 2.05) is 53.0 Å². The molecule has 2 aromatic heterocycles. The Balaban J connectivity index is 1.60. The maximum absolute atomic E-state index is 12.9. The van der Waals surface area contributed by atoms with Crippen molar-refractivity contribution in [2.45, 2.75) is 32.0 Å². The molecule has 1 N–H and O–H groups in total. The first-order valence-electron chi connectivity index (χ1n) is 10.2. The topological polar surface area (TPSA) is 85.0 Å². The average molecular weight is 416 g/mol. The first-order valence-corrected chi connectivity index (χ1v) is 10.2. The van der Waals surface area contributed by atoms with Crippen LogP contribution in [0.5, 0.6) is 0 Å². The minimum absolute atomic E-state index is 0.0105. The third-order valence-electron chi connectivity index (χ3n) is 5.31. The van der Waals surface area contributed by atoms with Crippen LogP contribution in [-0.4, -0.2) is 42.6 Å². The van der Waals surface area contributed by atoms with E-state index in [4.69, 9.17) is 6.42 Å². The molecule has 8 heteroatoms. The molecule has 3 heterocycles.